The van der Waals surface area contributed by atoms with Crippen molar-refractivity contribution in [2.75, 3.05) is 18.5 Å². The number of halogens is 1. The van der Waals surface area contributed by atoms with E-state index in [0.717, 1.165) is 64.6 Å². The average molecular weight is 577 g/mol. The molecule has 5 aromatic rings. The number of allylic oxidation sites excluding steroid dienone is 4. The zero-order valence-corrected chi connectivity index (χ0v) is 24.3. The highest BCUT2D eigenvalue weighted by atomic mass is 19.1. The Morgan fingerprint density at radius 1 is 1.00 bits per heavy atom. The third-order valence-electron chi connectivity index (χ3n) is 8.77. The van der Waals surface area contributed by atoms with Gasteiger partial charge in [-0.25, -0.2) is 14.4 Å². The van der Waals surface area contributed by atoms with Crippen molar-refractivity contribution in [2.45, 2.75) is 51.6 Å². The Labute approximate surface area is 251 Å². The van der Waals surface area contributed by atoms with Crippen LogP contribution in [-0.4, -0.2) is 37.5 Å². The fraction of sp³-hybridized carbons (Fsp3) is 0.343. The minimum absolute atomic E-state index is 0.0788. The second-order valence-corrected chi connectivity index (χ2v) is 11.8. The number of nitrogens with one attached hydrogen (secondary N) is 1. The number of aryl methyl sites for hydroxylation is 1. The topological polar surface area (TPSA) is 69.8 Å². The van der Waals surface area contributed by atoms with Crippen LogP contribution in [0.5, 0.6) is 0 Å². The summed E-state index contributed by atoms with van der Waals surface area (Å²) in [6, 6.07) is 14.7. The maximum absolute atomic E-state index is 13.7. The molecule has 43 heavy (non-hydrogen) atoms. The Balaban J connectivity index is 1.04. The molecule has 0 saturated carbocycles. The Morgan fingerprint density at radius 2 is 1.93 bits per heavy atom. The summed E-state index contributed by atoms with van der Waals surface area (Å²) in [6.07, 6.45) is 19.9. The molecule has 1 saturated heterocycles. The molecule has 1 unspecified atom stereocenters. The number of aromatic nitrogens is 5. The van der Waals surface area contributed by atoms with Crippen LogP contribution < -0.4 is 5.32 Å². The number of rotatable bonds is 10. The molecule has 7 rings (SSSR count). The molecule has 8 heteroatoms. The van der Waals surface area contributed by atoms with Crippen molar-refractivity contribution in [3.8, 4) is 11.1 Å². The van der Waals surface area contributed by atoms with Gasteiger partial charge < -0.3 is 14.6 Å². The van der Waals surface area contributed by atoms with Gasteiger partial charge in [0.1, 0.15) is 18.0 Å². The van der Waals surface area contributed by atoms with Gasteiger partial charge in [0.15, 0.2) is 0 Å². The first-order chi connectivity index (χ1) is 21.2. The largest absolute Gasteiger partial charge is 0.381 e. The fourth-order valence-electron chi connectivity index (χ4n) is 6.35. The van der Waals surface area contributed by atoms with Crippen LogP contribution >= 0.6 is 0 Å². The van der Waals surface area contributed by atoms with Crippen molar-refractivity contribution >= 4 is 33.3 Å². The minimum atomic E-state index is -0.0788. The van der Waals surface area contributed by atoms with Crippen molar-refractivity contribution in [1.82, 2.24) is 24.3 Å². The van der Waals surface area contributed by atoms with E-state index >= 15 is 0 Å². The average Bonchev–Trinajstić information content (AvgIpc) is 3.67. The van der Waals surface area contributed by atoms with Crippen molar-refractivity contribution in [2.24, 2.45) is 11.8 Å². The van der Waals surface area contributed by atoms with E-state index < -0.39 is 0 Å². The number of benzene rings is 2. The third kappa shape index (κ3) is 6.39. The maximum atomic E-state index is 13.7. The van der Waals surface area contributed by atoms with E-state index in [4.69, 9.17) is 4.74 Å². The molecule has 4 heterocycles. The van der Waals surface area contributed by atoms with Gasteiger partial charge in [-0.1, -0.05) is 31.1 Å². The van der Waals surface area contributed by atoms with Crippen LogP contribution in [0, 0.1) is 11.8 Å². The number of ether oxygens (including phenoxy) is 1. The highest BCUT2D eigenvalue weighted by Crippen LogP contribution is 2.31. The van der Waals surface area contributed by atoms with E-state index in [2.05, 4.69) is 73.7 Å². The summed E-state index contributed by atoms with van der Waals surface area (Å²) >= 11 is 0. The Morgan fingerprint density at radius 3 is 2.84 bits per heavy atom. The Kier molecular flexibility index (Phi) is 8.01. The van der Waals surface area contributed by atoms with Crippen LogP contribution in [0.4, 0.5) is 15.9 Å². The lowest BCUT2D eigenvalue weighted by atomic mass is 9.94. The Bertz CT molecular complexity index is 1780. The van der Waals surface area contributed by atoms with Gasteiger partial charge >= 0.3 is 0 Å². The fourth-order valence-corrected chi connectivity index (χ4v) is 6.35. The van der Waals surface area contributed by atoms with Crippen molar-refractivity contribution < 1.29 is 9.13 Å². The number of fused-ring (bicyclic) bond motifs is 2. The van der Waals surface area contributed by atoms with Gasteiger partial charge in [0.05, 0.1) is 17.2 Å². The molecule has 0 radical (unpaired) electrons. The van der Waals surface area contributed by atoms with E-state index in [1.54, 1.807) is 12.4 Å². The summed E-state index contributed by atoms with van der Waals surface area (Å²) in [5.74, 6) is 1.63. The van der Waals surface area contributed by atoms with E-state index in [0.29, 0.717) is 13.0 Å². The van der Waals surface area contributed by atoms with Gasteiger partial charge in [-0.3, -0.25) is 4.68 Å². The van der Waals surface area contributed by atoms with E-state index in [-0.39, 0.29) is 11.7 Å². The van der Waals surface area contributed by atoms with Crippen LogP contribution in [-0.2, 0) is 17.8 Å². The summed E-state index contributed by atoms with van der Waals surface area (Å²) < 4.78 is 23.5. The van der Waals surface area contributed by atoms with Crippen molar-refractivity contribution in [3.63, 3.8) is 0 Å². The highest BCUT2D eigenvalue weighted by Gasteiger charge is 2.15. The lowest BCUT2D eigenvalue weighted by Gasteiger charge is -2.21. The van der Waals surface area contributed by atoms with E-state index in [9.17, 15) is 4.39 Å². The standard InChI is InChI=1S/C35H37FN6O/c36-30-6-3-5-26(18-30)22-42-34-10-8-31(19-29(34)21-39-42)40-35-32-20-27(7-9-33(32)37-24-38-35)28-11-15-41(23-28)14-2-1-4-25-12-16-43-17-13-25/h3,5-11,15,19-21,23-26H,1-2,4,12-14,16-18,22H2,(H,37,38,40). The molecule has 1 atom stereocenters. The first-order valence-electron chi connectivity index (χ1n) is 15.4. The van der Waals surface area contributed by atoms with Crippen molar-refractivity contribution in [3.05, 3.63) is 91.4 Å². The normalized spacial score (nSPS) is 17.5. The molecule has 1 N–H and O–H groups in total. The number of nitrogens with zero attached hydrogens (tertiary/aromatic N) is 5. The lowest BCUT2D eigenvalue weighted by molar-refractivity contribution is 0.0630. The molecule has 2 aliphatic rings. The van der Waals surface area contributed by atoms with Crippen LogP contribution in [0.25, 0.3) is 32.9 Å². The van der Waals surface area contributed by atoms with E-state index in [1.165, 1.54) is 43.7 Å². The van der Waals surface area contributed by atoms with Crippen LogP contribution in [0.15, 0.2) is 91.4 Å². The molecule has 1 aliphatic heterocycles. The van der Waals surface area contributed by atoms with Crippen LogP contribution in [0.2, 0.25) is 0 Å². The first-order valence-corrected chi connectivity index (χ1v) is 15.4. The van der Waals surface area contributed by atoms with Gasteiger partial charge in [-0.05, 0) is 78.8 Å². The number of unbranched alkanes of at least 4 members (excludes halogenated alkanes) is 1. The number of anilines is 2. The van der Waals surface area contributed by atoms with Gasteiger partial charge in [-0.2, -0.15) is 5.10 Å². The summed E-state index contributed by atoms with van der Waals surface area (Å²) in [6.45, 7) is 3.55. The summed E-state index contributed by atoms with van der Waals surface area (Å²) in [7, 11) is 0. The van der Waals surface area contributed by atoms with Crippen LogP contribution in [0.3, 0.4) is 0 Å². The summed E-state index contributed by atoms with van der Waals surface area (Å²) in [5.41, 5.74) is 5.18. The molecule has 1 aliphatic carbocycles. The molecule has 2 aromatic carbocycles. The Hall–Kier alpha value is -4.30. The highest BCUT2D eigenvalue weighted by molar-refractivity contribution is 5.94. The molecular formula is C35H37FN6O. The molecule has 1 fully saturated rings. The minimum Gasteiger partial charge on any atom is -0.381 e. The molecular weight excluding hydrogens is 539 g/mol. The smallest absolute Gasteiger partial charge is 0.141 e. The predicted molar refractivity (Wildman–Crippen MR) is 170 cm³/mol. The van der Waals surface area contributed by atoms with Gasteiger partial charge in [-0.15, -0.1) is 0 Å². The lowest BCUT2D eigenvalue weighted by Crippen LogP contribution is -2.15. The monoisotopic (exact) mass is 576 g/mol. The molecule has 0 bridgehead atoms. The second-order valence-electron chi connectivity index (χ2n) is 11.8. The molecule has 0 amide bonds. The summed E-state index contributed by atoms with van der Waals surface area (Å²) in [5, 5.41) is 10.1. The maximum Gasteiger partial charge on any atom is 0.141 e. The van der Waals surface area contributed by atoms with E-state index in [1.807, 2.05) is 23.0 Å². The number of hydrogen-bond donors (Lipinski definition) is 1. The predicted octanol–water partition coefficient (Wildman–Crippen LogP) is 8.22. The van der Waals surface area contributed by atoms with Gasteiger partial charge in [0.25, 0.3) is 0 Å². The van der Waals surface area contributed by atoms with Crippen molar-refractivity contribution in [1.29, 1.82) is 0 Å². The molecule has 7 nitrogen and oxygen atoms in total. The molecule has 3 aromatic heterocycles. The van der Waals surface area contributed by atoms with Crippen LogP contribution in [0.1, 0.15) is 38.5 Å². The second kappa shape index (κ2) is 12.5. The zero-order chi connectivity index (χ0) is 29.0. The number of hydrogen-bond acceptors (Lipinski definition) is 5. The summed E-state index contributed by atoms with van der Waals surface area (Å²) in [4.78, 5) is 9.11. The first kappa shape index (κ1) is 27.5. The zero-order valence-electron chi connectivity index (χ0n) is 24.3. The SMILES string of the molecule is FC1=CC=CC(Cn2ncc3cc(Nc4ncnc5ccc(-c6ccn(CCCCC7CCOCC7)c6)cc45)ccc32)C1. The molecule has 220 valence electrons. The molecule has 0 spiro atoms. The third-order valence-corrected chi connectivity index (χ3v) is 8.77. The van der Waals surface area contributed by atoms with Gasteiger partial charge in [0, 0.05) is 67.5 Å². The van der Waals surface area contributed by atoms with Gasteiger partial charge in [0.2, 0.25) is 0 Å². The quantitative estimate of drug-likeness (QED) is 0.170.